The van der Waals surface area contributed by atoms with E-state index in [4.69, 9.17) is 9.47 Å². The van der Waals surface area contributed by atoms with Crippen LogP contribution in [-0.4, -0.2) is 34.8 Å². The quantitative estimate of drug-likeness (QED) is 0.868. The Morgan fingerprint density at radius 3 is 2.85 bits per heavy atom. The minimum absolute atomic E-state index is 0.0230. The number of sulfonamides is 1. The van der Waals surface area contributed by atoms with E-state index in [0.717, 1.165) is 24.8 Å². The highest BCUT2D eigenvalue weighted by molar-refractivity contribution is 7.89. The van der Waals surface area contributed by atoms with Crippen LogP contribution < -0.4 is 9.46 Å². The lowest BCUT2D eigenvalue weighted by atomic mass is 10.2. The van der Waals surface area contributed by atoms with Gasteiger partial charge in [-0.25, -0.2) is 13.1 Å². The third kappa shape index (κ3) is 3.50. The molecule has 1 fully saturated rings. The standard InChI is InChI=1S/C14H21NO4S/c1-3-11-6-7-13(18-2)14(9-11)20(16,17)15-10-12-5-4-8-19-12/h6-7,9,12,15H,3-5,8,10H2,1-2H3/t12-/m1/s1. The Bertz CT molecular complexity index is 550. The monoisotopic (exact) mass is 299 g/mol. The largest absolute Gasteiger partial charge is 0.495 e. The molecule has 1 saturated heterocycles. The zero-order valence-corrected chi connectivity index (χ0v) is 12.7. The average Bonchev–Trinajstić information content (AvgIpc) is 2.98. The van der Waals surface area contributed by atoms with Gasteiger partial charge in [-0.15, -0.1) is 0 Å². The summed E-state index contributed by atoms with van der Waals surface area (Å²) in [6.45, 7) is 3.00. The van der Waals surface area contributed by atoms with E-state index >= 15 is 0 Å². The maximum atomic E-state index is 12.4. The van der Waals surface area contributed by atoms with Gasteiger partial charge in [0.05, 0.1) is 13.2 Å². The number of aryl methyl sites for hydroxylation is 1. The number of hydrogen-bond acceptors (Lipinski definition) is 4. The number of hydrogen-bond donors (Lipinski definition) is 1. The highest BCUT2D eigenvalue weighted by atomic mass is 32.2. The fourth-order valence-corrected chi connectivity index (χ4v) is 3.52. The summed E-state index contributed by atoms with van der Waals surface area (Å²) >= 11 is 0. The van der Waals surface area contributed by atoms with Crippen LogP contribution in [0.15, 0.2) is 23.1 Å². The van der Waals surface area contributed by atoms with E-state index < -0.39 is 10.0 Å². The van der Waals surface area contributed by atoms with Crippen LogP contribution in [-0.2, 0) is 21.2 Å². The molecule has 0 unspecified atom stereocenters. The van der Waals surface area contributed by atoms with E-state index in [1.807, 2.05) is 13.0 Å². The van der Waals surface area contributed by atoms with E-state index in [9.17, 15) is 8.42 Å². The fraction of sp³-hybridized carbons (Fsp3) is 0.571. The number of methoxy groups -OCH3 is 1. The predicted molar refractivity (Wildman–Crippen MR) is 76.5 cm³/mol. The molecule has 0 spiro atoms. The van der Waals surface area contributed by atoms with E-state index in [-0.39, 0.29) is 11.0 Å². The highest BCUT2D eigenvalue weighted by Gasteiger charge is 2.23. The van der Waals surface area contributed by atoms with Gasteiger partial charge in [0.25, 0.3) is 0 Å². The van der Waals surface area contributed by atoms with Crippen LogP contribution in [0.2, 0.25) is 0 Å². The molecular formula is C14H21NO4S. The topological polar surface area (TPSA) is 64.6 Å². The van der Waals surface area contributed by atoms with Gasteiger partial charge >= 0.3 is 0 Å². The van der Waals surface area contributed by atoms with Gasteiger partial charge in [0.15, 0.2) is 0 Å². The lowest BCUT2D eigenvalue weighted by molar-refractivity contribution is 0.114. The molecule has 0 radical (unpaired) electrons. The van der Waals surface area contributed by atoms with E-state index in [0.29, 0.717) is 18.9 Å². The van der Waals surface area contributed by atoms with Crippen LogP contribution in [0.5, 0.6) is 5.75 Å². The van der Waals surface area contributed by atoms with Gasteiger partial charge in [0.1, 0.15) is 10.6 Å². The summed E-state index contributed by atoms with van der Waals surface area (Å²) in [7, 11) is -2.11. The summed E-state index contributed by atoms with van der Waals surface area (Å²) in [6.07, 6.45) is 2.64. The van der Waals surface area contributed by atoms with Crippen molar-refractivity contribution in [3.63, 3.8) is 0 Å². The second kappa shape index (κ2) is 6.56. The van der Waals surface area contributed by atoms with Crippen LogP contribution >= 0.6 is 0 Å². The molecule has 1 aliphatic heterocycles. The van der Waals surface area contributed by atoms with Crippen molar-refractivity contribution >= 4 is 10.0 Å². The number of nitrogens with one attached hydrogen (secondary N) is 1. The second-order valence-corrected chi connectivity index (χ2v) is 6.56. The minimum atomic E-state index is -3.58. The van der Waals surface area contributed by atoms with Crippen molar-refractivity contribution in [2.24, 2.45) is 0 Å². The van der Waals surface area contributed by atoms with Crippen molar-refractivity contribution in [1.29, 1.82) is 0 Å². The molecule has 5 nitrogen and oxygen atoms in total. The van der Waals surface area contributed by atoms with Crippen molar-refractivity contribution in [1.82, 2.24) is 4.72 Å². The van der Waals surface area contributed by atoms with E-state index in [1.54, 1.807) is 12.1 Å². The van der Waals surface area contributed by atoms with Crippen LogP contribution in [0.4, 0.5) is 0 Å². The summed E-state index contributed by atoms with van der Waals surface area (Å²) in [4.78, 5) is 0.192. The normalized spacial score (nSPS) is 19.2. The highest BCUT2D eigenvalue weighted by Crippen LogP contribution is 2.25. The van der Waals surface area contributed by atoms with Gasteiger partial charge in [0, 0.05) is 13.2 Å². The average molecular weight is 299 g/mol. The molecule has 2 rings (SSSR count). The second-order valence-electron chi connectivity index (χ2n) is 4.83. The van der Waals surface area contributed by atoms with Gasteiger partial charge in [-0.2, -0.15) is 0 Å². The Hall–Kier alpha value is -1.11. The van der Waals surface area contributed by atoms with Crippen molar-refractivity contribution < 1.29 is 17.9 Å². The molecule has 20 heavy (non-hydrogen) atoms. The van der Waals surface area contributed by atoms with E-state index in [2.05, 4.69) is 4.72 Å². The predicted octanol–water partition coefficient (Wildman–Crippen LogP) is 1.71. The van der Waals surface area contributed by atoms with Gasteiger partial charge in [-0.05, 0) is 37.0 Å². The molecular weight excluding hydrogens is 278 g/mol. The minimum Gasteiger partial charge on any atom is -0.495 e. The van der Waals surface area contributed by atoms with Crippen LogP contribution in [0.3, 0.4) is 0 Å². The first-order chi connectivity index (χ1) is 9.56. The Kier molecular flexibility index (Phi) is 5.01. The number of ether oxygens (including phenoxy) is 2. The lowest BCUT2D eigenvalue weighted by Gasteiger charge is -2.14. The van der Waals surface area contributed by atoms with Gasteiger partial charge in [-0.1, -0.05) is 13.0 Å². The molecule has 1 aliphatic rings. The third-order valence-electron chi connectivity index (χ3n) is 3.45. The molecule has 0 saturated carbocycles. The summed E-state index contributed by atoms with van der Waals surface area (Å²) in [5.41, 5.74) is 0.961. The maximum Gasteiger partial charge on any atom is 0.244 e. The van der Waals surface area contributed by atoms with Crippen LogP contribution in [0.1, 0.15) is 25.3 Å². The molecule has 1 aromatic rings. The van der Waals surface area contributed by atoms with Gasteiger partial charge in [-0.3, -0.25) is 0 Å². The van der Waals surface area contributed by atoms with Crippen LogP contribution in [0.25, 0.3) is 0 Å². The molecule has 6 heteroatoms. The molecule has 1 atom stereocenters. The summed E-state index contributed by atoms with van der Waals surface area (Å²) < 4.78 is 38.0. The van der Waals surface area contributed by atoms with Gasteiger partial charge in [0.2, 0.25) is 10.0 Å². The summed E-state index contributed by atoms with van der Waals surface area (Å²) in [6, 6.07) is 5.23. The van der Waals surface area contributed by atoms with E-state index in [1.165, 1.54) is 7.11 Å². The molecule has 0 aromatic heterocycles. The van der Waals surface area contributed by atoms with Crippen molar-refractivity contribution in [2.75, 3.05) is 20.3 Å². The molecule has 1 heterocycles. The van der Waals surface area contributed by atoms with Crippen molar-refractivity contribution in [3.05, 3.63) is 23.8 Å². The Morgan fingerprint density at radius 2 is 2.25 bits per heavy atom. The molecule has 0 aliphatic carbocycles. The molecule has 1 aromatic carbocycles. The Morgan fingerprint density at radius 1 is 1.45 bits per heavy atom. The molecule has 0 amide bonds. The first-order valence-electron chi connectivity index (χ1n) is 6.85. The first-order valence-corrected chi connectivity index (χ1v) is 8.33. The smallest absolute Gasteiger partial charge is 0.244 e. The summed E-state index contributed by atoms with van der Waals surface area (Å²) in [5.74, 6) is 0.363. The molecule has 112 valence electrons. The zero-order chi connectivity index (χ0) is 14.6. The van der Waals surface area contributed by atoms with Gasteiger partial charge < -0.3 is 9.47 Å². The first kappa shape index (κ1) is 15.3. The Balaban J connectivity index is 2.18. The molecule has 0 bridgehead atoms. The Labute approximate surface area is 120 Å². The zero-order valence-electron chi connectivity index (χ0n) is 11.9. The number of benzene rings is 1. The third-order valence-corrected chi connectivity index (χ3v) is 4.90. The maximum absolute atomic E-state index is 12.4. The fourth-order valence-electron chi connectivity index (χ4n) is 2.24. The lowest BCUT2D eigenvalue weighted by Crippen LogP contribution is -2.32. The van der Waals surface area contributed by atoms with Crippen LogP contribution in [0, 0.1) is 0 Å². The number of rotatable bonds is 6. The van der Waals surface area contributed by atoms with Crippen molar-refractivity contribution in [2.45, 2.75) is 37.2 Å². The molecule has 1 N–H and O–H groups in total. The van der Waals surface area contributed by atoms with Crippen molar-refractivity contribution in [3.8, 4) is 5.75 Å². The summed E-state index contributed by atoms with van der Waals surface area (Å²) in [5, 5.41) is 0. The SMILES string of the molecule is CCc1ccc(OC)c(S(=O)(=O)NC[C@H]2CCCO2)c1.